The molecule has 1 amide bonds. The number of anilines is 1. The zero-order valence-electron chi connectivity index (χ0n) is 15.5. The van der Waals surface area contributed by atoms with Crippen molar-refractivity contribution in [2.75, 3.05) is 31.1 Å². The fourth-order valence-corrected chi connectivity index (χ4v) is 3.44. The smallest absolute Gasteiger partial charge is 0.244 e. The highest BCUT2D eigenvalue weighted by atomic mass is 19.1. The van der Waals surface area contributed by atoms with Gasteiger partial charge in [-0.2, -0.15) is 0 Å². The molecular weight excluding hydrogens is 361 g/mol. The van der Waals surface area contributed by atoms with Gasteiger partial charge in [-0.1, -0.05) is 17.3 Å². The van der Waals surface area contributed by atoms with E-state index in [0.717, 1.165) is 11.0 Å². The summed E-state index contributed by atoms with van der Waals surface area (Å²) in [5.74, 6) is -0.620. The van der Waals surface area contributed by atoms with Gasteiger partial charge in [0.05, 0.1) is 11.2 Å². The molecule has 1 saturated heterocycles. The first-order valence-corrected chi connectivity index (χ1v) is 9.14. The van der Waals surface area contributed by atoms with Gasteiger partial charge in [-0.3, -0.25) is 9.59 Å². The highest BCUT2D eigenvalue weighted by Gasteiger charge is 2.24. The second-order valence-electron chi connectivity index (χ2n) is 6.83. The van der Waals surface area contributed by atoms with E-state index < -0.39 is 5.82 Å². The zero-order chi connectivity index (χ0) is 19.7. The Bertz CT molecular complexity index is 1040. The quantitative estimate of drug-likeness (QED) is 0.648. The lowest BCUT2D eigenvalue weighted by Crippen LogP contribution is -2.49. The van der Waals surface area contributed by atoms with E-state index in [1.54, 1.807) is 21.7 Å². The third kappa shape index (κ3) is 3.45. The van der Waals surface area contributed by atoms with Gasteiger partial charge in [0, 0.05) is 31.7 Å². The number of rotatable bonds is 4. The molecule has 0 radical (unpaired) electrons. The Morgan fingerprint density at radius 1 is 1.07 bits per heavy atom. The van der Waals surface area contributed by atoms with Crippen molar-refractivity contribution < 1.29 is 14.0 Å². The van der Waals surface area contributed by atoms with Crippen LogP contribution in [0.3, 0.4) is 0 Å². The van der Waals surface area contributed by atoms with Gasteiger partial charge >= 0.3 is 0 Å². The number of piperazine rings is 1. The topological polar surface area (TPSA) is 71.3 Å². The number of para-hydroxylation sites is 1. The molecule has 0 atom stereocenters. The average molecular weight is 381 g/mol. The highest BCUT2D eigenvalue weighted by Crippen LogP contribution is 2.22. The number of halogens is 1. The van der Waals surface area contributed by atoms with Gasteiger partial charge in [-0.15, -0.1) is 5.10 Å². The number of carbonyl (C=O) groups excluding carboxylic acids is 2. The van der Waals surface area contributed by atoms with E-state index in [4.69, 9.17) is 0 Å². The Balaban J connectivity index is 1.40. The Morgan fingerprint density at radius 3 is 2.54 bits per heavy atom. The first-order valence-electron chi connectivity index (χ1n) is 9.14. The van der Waals surface area contributed by atoms with Crippen LogP contribution in [0.15, 0.2) is 42.5 Å². The van der Waals surface area contributed by atoms with Crippen molar-refractivity contribution >= 4 is 28.4 Å². The monoisotopic (exact) mass is 381 g/mol. The summed E-state index contributed by atoms with van der Waals surface area (Å²) in [6, 6.07) is 12.0. The second kappa shape index (κ2) is 7.38. The lowest BCUT2D eigenvalue weighted by molar-refractivity contribution is -0.132. The van der Waals surface area contributed by atoms with Crippen LogP contribution in [0.25, 0.3) is 11.0 Å². The number of hydrogen-bond donors (Lipinski definition) is 0. The van der Waals surface area contributed by atoms with Crippen LogP contribution in [0.2, 0.25) is 0 Å². The third-order valence-corrected chi connectivity index (χ3v) is 5.03. The first kappa shape index (κ1) is 18.1. The number of fused-ring (bicyclic) bond motifs is 1. The molecule has 8 heteroatoms. The van der Waals surface area contributed by atoms with Gasteiger partial charge in [0.15, 0.2) is 5.78 Å². The van der Waals surface area contributed by atoms with E-state index in [0.29, 0.717) is 37.4 Å². The Morgan fingerprint density at radius 2 is 1.82 bits per heavy atom. The fraction of sp³-hybridized carbons (Fsp3) is 0.300. The normalized spacial score (nSPS) is 14.5. The molecule has 0 unspecified atom stereocenters. The van der Waals surface area contributed by atoms with Crippen LogP contribution in [0.4, 0.5) is 10.1 Å². The lowest BCUT2D eigenvalue weighted by atomic mass is 10.1. The molecule has 1 aliphatic rings. The first-order chi connectivity index (χ1) is 13.5. The summed E-state index contributed by atoms with van der Waals surface area (Å²) in [5.41, 5.74) is 2.39. The minimum absolute atomic E-state index is 0.0392. The van der Waals surface area contributed by atoms with Gasteiger partial charge in [-0.25, -0.2) is 9.07 Å². The number of benzene rings is 2. The molecule has 7 nitrogen and oxygen atoms in total. The summed E-state index contributed by atoms with van der Waals surface area (Å²) in [4.78, 5) is 27.7. The van der Waals surface area contributed by atoms with Crippen LogP contribution in [0, 0.1) is 5.82 Å². The predicted octanol–water partition coefficient (Wildman–Crippen LogP) is 2.12. The molecule has 28 heavy (non-hydrogen) atoms. The van der Waals surface area contributed by atoms with E-state index in [-0.39, 0.29) is 18.2 Å². The van der Waals surface area contributed by atoms with Crippen molar-refractivity contribution in [2.45, 2.75) is 13.5 Å². The molecule has 4 rings (SSSR count). The SMILES string of the molecule is CC(=O)c1ccc(N2CCN(C(=O)Cn3nnc4ccccc43)CC2)c(F)c1. The van der Waals surface area contributed by atoms with Crippen molar-refractivity contribution in [3.05, 3.63) is 53.8 Å². The fourth-order valence-electron chi connectivity index (χ4n) is 3.44. The summed E-state index contributed by atoms with van der Waals surface area (Å²) in [6.45, 7) is 3.60. The number of amides is 1. The van der Waals surface area contributed by atoms with Gasteiger partial charge in [0.2, 0.25) is 5.91 Å². The van der Waals surface area contributed by atoms with E-state index in [2.05, 4.69) is 10.3 Å². The minimum Gasteiger partial charge on any atom is -0.366 e. The molecule has 0 aliphatic carbocycles. The zero-order valence-corrected chi connectivity index (χ0v) is 15.5. The van der Waals surface area contributed by atoms with Crippen LogP contribution in [0.1, 0.15) is 17.3 Å². The van der Waals surface area contributed by atoms with E-state index in [1.165, 1.54) is 13.0 Å². The Hall–Kier alpha value is -3.29. The minimum atomic E-state index is -0.415. The molecule has 2 heterocycles. The molecule has 1 fully saturated rings. The number of hydrogen-bond acceptors (Lipinski definition) is 5. The molecule has 1 aliphatic heterocycles. The average Bonchev–Trinajstić information content (AvgIpc) is 3.11. The van der Waals surface area contributed by atoms with Crippen molar-refractivity contribution in [1.82, 2.24) is 19.9 Å². The molecule has 0 bridgehead atoms. The second-order valence-corrected chi connectivity index (χ2v) is 6.83. The van der Waals surface area contributed by atoms with Crippen molar-refractivity contribution in [1.29, 1.82) is 0 Å². The molecular formula is C20H20FN5O2. The van der Waals surface area contributed by atoms with Gasteiger partial charge in [0.1, 0.15) is 17.9 Å². The van der Waals surface area contributed by atoms with E-state index in [9.17, 15) is 14.0 Å². The van der Waals surface area contributed by atoms with Crippen LogP contribution in [-0.4, -0.2) is 57.8 Å². The summed E-state index contributed by atoms with van der Waals surface area (Å²) in [7, 11) is 0. The van der Waals surface area contributed by atoms with Crippen LogP contribution >= 0.6 is 0 Å². The van der Waals surface area contributed by atoms with Crippen molar-refractivity contribution in [3.63, 3.8) is 0 Å². The molecule has 2 aromatic carbocycles. The number of ketones is 1. The summed E-state index contributed by atoms with van der Waals surface area (Å²) >= 11 is 0. The van der Waals surface area contributed by atoms with Gasteiger partial charge < -0.3 is 9.80 Å². The van der Waals surface area contributed by atoms with Crippen molar-refractivity contribution in [2.24, 2.45) is 0 Å². The number of aromatic nitrogens is 3. The van der Waals surface area contributed by atoms with Crippen LogP contribution < -0.4 is 4.90 Å². The van der Waals surface area contributed by atoms with Crippen LogP contribution in [0.5, 0.6) is 0 Å². The predicted molar refractivity (Wildman–Crippen MR) is 103 cm³/mol. The van der Waals surface area contributed by atoms with Crippen molar-refractivity contribution in [3.8, 4) is 0 Å². The van der Waals surface area contributed by atoms with E-state index >= 15 is 0 Å². The summed E-state index contributed by atoms with van der Waals surface area (Å²) < 4.78 is 16.0. The Labute approximate surface area is 161 Å². The third-order valence-electron chi connectivity index (χ3n) is 5.03. The lowest BCUT2D eigenvalue weighted by Gasteiger charge is -2.36. The summed E-state index contributed by atoms with van der Waals surface area (Å²) in [5, 5.41) is 8.12. The van der Waals surface area contributed by atoms with E-state index in [1.807, 2.05) is 29.2 Å². The highest BCUT2D eigenvalue weighted by molar-refractivity contribution is 5.94. The standard InChI is InChI=1S/C20H20FN5O2/c1-14(27)15-6-7-18(16(21)12-15)24-8-10-25(11-9-24)20(28)13-26-19-5-3-2-4-17(19)22-23-26/h2-7,12H,8-11,13H2,1H3. The van der Waals surface area contributed by atoms with Gasteiger partial charge in [0.25, 0.3) is 0 Å². The molecule has 0 spiro atoms. The van der Waals surface area contributed by atoms with Gasteiger partial charge in [-0.05, 0) is 37.3 Å². The molecule has 0 saturated carbocycles. The van der Waals surface area contributed by atoms with Crippen LogP contribution in [-0.2, 0) is 11.3 Å². The molecule has 144 valence electrons. The number of carbonyl (C=O) groups is 2. The molecule has 1 aromatic heterocycles. The molecule has 0 N–H and O–H groups in total. The maximum Gasteiger partial charge on any atom is 0.244 e. The number of nitrogens with zero attached hydrogens (tertiary/aromatic N) is 5. The largest absolute Gasteiger partial charge is 0.366 e. The maximum atomic E-state index is 14.4. The molecule has 3 aromatic rings. The maximum absolute atomic E-state index is 14.4. The number of Topliss-reactive ketones (excluding diaryl/α,β-unsaturated/α-hetero) is 1. The Kier molecular flexibility index (Phi) is 4.77. The summed E-state index contributed by atoms with van der Waals surface area (Å²) in [6.07, 6.45) is 0.